The van der Waals surface area contributed by atoms with Gasteiger partial charge in [0.1, 0.15) is 18.7 Å². The van der Waals surface area contributed by atoms with Gasteiger partial charge in [-0.3, -0.25) is 10.6 Å². The number of aliphatic hydroxyl groups is 3. The quantitative estimate of drug-likeness (QED) is 0.0644. The summed E-state index contributed by atoms with van der Waals surface area (Å²) in [7, 11) is 0. The summed E-state index contributed by atoms with van der Waals surface area (Å²) in [6.45, 7) is 2.80. The smallest absolute Gasteiger partial charge is 0.109 e. The molecular weight excluding hydrogens is 392 g/mol. The highest BCUT2D eigenvalue weighted by molar-refractivity contribution is 5.38. The number of rotatable bonds is 18. The molecule has 3 unspecified atom stereocenters. The van der Waals surface area contributed by atoms with Crippen molar-refractivity contribution in [2.75, 3.05) is 39.5 Å². The SMILES string of the molecule is [N-]=[N+]=Nc1ccc(CC(O)NCCOCCOCCNC(O)CCCC(N)O)cc1. The first-order valence-electron chi connectivity index (χ1n) is 10.1. The number of ether oxygens (including phenoxy) is 2. The molecule has 0 spiro atoms. The van der Waals surface area contributed by atoms with Crippen molar-refractivity contribution in [3.05, 3.63) is 40.3 Å². The molecule has 1 aromatic carbocycles. The Hall–Kier alpha value is -1.79. The topological polar surface area (TPSA) is 178 Å². The first-order valence-corrected chi connectivity index (χ1v) is 10.1. The standard InChI is InChI=1S/C19H34N6O5/c20-17(26)2-1-3-18(27)22-8-10-29-12-13-30-11-9-23-19(28)14-15-4-6-16(7-5-15)24-25-21/h4-7,17-19,22-23,26-28H,1-3,8-14,20H2. The van der Waals surface area contributed by atoms with Crippen LogP contribution < -0.4 is 16.4 Å². The average molecular weight is 427 g/mol. The van der Waals surface area contributed by atoms with Crippen LogP contribution in [0.4, 0.5) is 5.69 Å². The highest BCUT2D eigenvalue weighted by atomic mass is 16.5. The lowest BCUT2D eigenvalue weighted by Crippen LogP contribution is -2.33. The van der Waals surface area contributed by atoms with Crippen LogP contribution in [0.5, 0.6) is 0 Å². The van der Waals surface area contributed by atoms with Crippen molar-refractivity contribution < 1.29 is 24.8 Å². The van der Waals surface area contributed by atoms with E-state index in [0.717, 1.165) is 5.56 Å². The van der Waals surface area contributed by atoms with Crippen LogP contribution in [0.3, 0.4) is 0 Å². The predicted molar refractivity (Wildman–Crippen MR) is 113 cm³/mol. The molecular formula is C19H34N6O5. The molecule has 0 aliphatic rings. The summed E-state index contributed by atoms with van der Waals surface area (Å²) in [5, 5.41) is 38.0. The van der Waals surface area contributed by atoms with Crippen molar-refractivity contribution in [2.24, 2.45) is 10.8 Å². The van der Waals surface area contributed by atoms with Crippen LogP contribution in [0.15, 0.2) is 29.4 Å². The van der Waals surface area contributed by atoms with Crippen LogP contribution in [0, 0.1) is 0 Å². The second-order valence-electron chi connectivity index (χ2n) is 6.72. The van der Waals surface area contributed by atoms with Gasteiger partial charge in [0.2, 0.25) is 0 Å². The molecule has 0 saturated heterocycles. The van der Waals surface area contributed by atoms with Crippen LogP contribution in [-0.2, 0) is 15.9 Å². The molecule has 3 atom stereocenters. The molecule has 0 aliphatic heterocycles. The molecule has 170 valence electrons. The van der Waals surface area contributed by atoms with Crippen LogP contribution in [0.2, 0.25) is 0 Å². The summed E-state index contributed by atoms with van der Waals surface area (Å²) in [5.41, 5.74) is 15.1. The van der Waals surface area contributed by atoms with Crippen molar-refractivity contribution in [1.29, 1.82) is 0 Å². The van der Waals surface area contributed by atoms with Gasteiger partial charge in [0.25, 0.3) is 0 Å². The van der Waals surface area contributed by atoms with Crippen LogP contribution >= 0.6 is 0 Å². The number of hydrogen-bond donors (Lipinski definition) is 6. The van der Waals surface area contributed by atoms with Gasteiger partial charge >= 0.3 is 0 Å². The fourth-order valence-electron chi connectivity index (χ4n) is 2.59. The van der Waals surface area contributed by atoms with Crippen molar-refractivity contribution >= 4 is 5.69 Å². The van der Waals surface area contributed by atoms with Gasteiger partial charge in [0, 0.05) is 30.1 Å². The number of azide groups is 1. The third kappa shape index (κ3) is 14.2. The summed E-state index contributed by atoms with van der Waals surface area (Å²) in [5.74, 6) is 0. The normalized spacial score (nSPS) is 14.1. The van der Waals surface area contributed by atoms with E-state index in [1.165, 1.54) is 0 Å². The van der Waals surface area contributed by atoms with Gasteiger partial charge in [-0.2, -0.15) is 0 Å². The molecule has 1 aromatic rings. The Morgan fingerprint density at radius 3 is 2.10 bits per heavy atom. The van der Waals surface area contributed by atoms with Crippen molar-refractivity contribution in [3.8, 4) is 0 Å². The van der Waals surface area contributed by atoms with E-state index in [2.05, 4.69) is 20.7 Å². The van der Waals surface area contributed by atoms with E-state index in [1.54, 1.807) is 24.3 Å². The molecule has 7 N–H and O–H groups in total. The van der Waals surface area contributed by atoms with Gasteiger partial charge in [-0.25, -0.2) is 0 Å². The second kappa shape index (κ2) is 16.9. The number of hydrogen-bond acceptors (Lipinski definition) is 9. The Morgan fingerprint density at radius 2 is 1.53 bits per heavy atom. The van der Waals surface area contributed by atoms with Gasteiger partial charge in [-0.05, 0) is 30.4 Å². The Balaban J connectivity index is 1.92. The van der Waals surface area contributed by atoms with Crippen LogP contribution in [0.25, 0.3) is 10.4 Å². The zero-order valence-corrected chi connectivity index (χ0v) is 17.2. The zero-order valence-electron chi connectivity index (χ0n) is 17.2. The molecule has 0 radical (unpaired) electrons. The summed E-state index contributed by atoms with van der Waals surface area (Å²) in [4.78, 5) is 2.72. The van der Waals surface area contributed by atoms with Gasteiger partial charge < -0.3 is 30.5 Å². The molecule has 0 bridgehead atoms. The predicted octanol–water partition coefficient (Wildman–Crippen LogP) is 0.468. The van der Waals surface area contributed by atoms with Gasteiger partial charge in [-0.1, -0.05) is 29.4 Å². The summed E-state index contributed by atoms with van der Waals surface area (Å²) >= 11 is 0. The summed E-state index contributed by atoms with van der Waals surface area (Å²) in [6.07, 6.45) is -0.0892. The number of nitrogens with two attached hydrogens (primary N) is 1. The largest absolute Gasteiger partial charge is 0.379 e. The van der Waals surface area contributed by atoms with Gasteiger partial charge in [0.15, 0.2) is 0 Å². The van der Waals surface area contributed by atoms with E-state index >= 15 is 0 Å². The van der Waals surface area contributed by atoms with E-state index in [-0.39, 0.29) is 0 Å². The lowest BCUT2D eigenvalue weighted by Gasteiger charge is -2.14. The van der Waals surface area contributed by atoms with Gasteiger partial charge in [-0.15, -0.1) is 0 Å². The highest BCUT2D eigenvalue weighted by Gasteiger charge is 2.05. The molecule has 0 heterocycles. The van der Waals surface area contributed by atoms with E-state index in [9.17, 15) is 10.2 Å². The molecule has 0 saturated carbocycles. The zero-order chi connectivity index (χ0) is 22.0. The molecule has 30 heavy (non-hydrogen) atoms. The van der Waals surface area contributed by atoms with Gasteiger partial charge in [0.05, 0.1) is 26.4 Å². The number of nitrogens with zero attached hydrogens (tertiary/aromatic N) is 3. The molecule has 0 aliphatic carbocycles. The Labute approximate surface area is 176 Å². The first-order chi connectivity index (χ1) is 14.5. The number of benzene rings is 1. The highest BCUT2D eigenvalue weighted by Crippen LogP contribution is 2.13. The Morgan fingerprint density at radius 1 is 0.933 bits per heavy atom. The minimum absolute atomic E-state index is 0.436. The monoisotopic (exact) mass is 426 g/mol. The molecule has 11 nitrogen and oxygen atoms in total. The van der Waals surface area contributed by atoms with E-state index in [1.807, 2.05) is 0 Å². The maximum Gasteiger partial charge on any atom is 0.109 e. The van der Waals surface area contributed by atoms with E-state index < -0.39 is 18.7 Å². The van der Waals surface area contributed by atoms with E-state index in [0.29, 0.717) is 70.9 Å². The average Bonchev–Trinajstić information content (AvgIpc) is 2.70. The van der Waals surface area contributed by atoms with Crippen molar-refractivity contribution in [2.45, 2.75) is 44.4 Å². The second-order valence-corrected chi connectivity index (χ2v) is 6.72. The number of nitrogens with one attached hydrogen (secondary N) is 2. The van der Waals surface area contributed by atoms with Crippen LogP contribution in [-0.4, -0.2) is 73.5 Å². The maximum atomic E-state index is 9.98. The van der Waals surface area contributed by atoms with Crippen molar-refractivity contribution in [1.82, 2.24) is 10.6 Å². The lowest BCUT2D eigenvalue weighted by atomic mass is 10.1. The fraction of sp³-hybridized carbons (Fsp3) is 0.684. The summed E-state index contributed by atoms with van der Waals surface area (Å²) < 4.78 is 10.8. The fourth-order valence-corrected chi connectivity index (χ4v) is 2.59. The van der Waals surface area contributed by atoms with E-state index in [4.69, 9.17) is 25.8 Å². The lowest BCUT2D eigenvalue weighted by molar-refractivity contribution is 0.0377. The first kappa shape index (κ1) is 26.2. The maximum absolute atomic E-state index is 9.98. The molecule has 0 fully saturated rings. The van der Waals surface area contributed by atoms with Crippen LogP contribution in [0.1, 0.15) is 24.8 Å². The number of aliphatic hydroxyl groups excluding tert-OH is 3. The van der Waals surface area contributed by atoms with Crippen molar-refractivity contribution in [3.63, 3.8) is 0 Å². The molecule has 0 amide bonds. The third-order valence-electron chi connectivity index (χ3n) is 4.13. The minimum Gasteiger partial charge on any atom is -0.379 e. The molecule has 1 rings (SSSR count). The third-order valence-corrected chi connectivity index (χ3v) is 4.13. The Kier molecular flexibility index (Phi) is 14.8. The minimum atomic E-state index is -0.831. The summed E-state index contributed by atoms with van der Waals surface area (Å²) in [6, 6.07) is 7.02. The molecule has 11 heteroatoms. The molecule has 0 aromatic heterocycles. The Bertz CT molecular complexity index is 598.